The first-order valence-corrected chi connectivity index (χ1v) is 18.1. The first-order valence-electron chi connectivity index (χ1n) is 16.0. The van der Waals surface area contributed by atoms with Gasteiger partial charge in [-0.1, -0.05) is 67.2 Å². The zero-order valence-electron chi connectivity index (χ0n) is 27.9. The minimum atomic E-state index is -0.354. The quantitative estimate of drug-likeness (QED) is 0.113. The van der Waals surface area contributed by atoms with Crippen LogP contribution in [0.25, 0.3) is 22.7 Å². The average molecular weight is 694 g/mol. The molecule has 0 saturated carbocycles. The highest BCUT2D eigenvalue weighted by Crippen LogP contribution is 2.36. The van der Waals surface area contributed by atoms with E-state index in [1.807, 2.05) is 83.5 Å². The van der Waals surface area contributed by atoms with Crippen LogP contribution in [0.4, 0.5) is 10.6 Å². The lowest BCUT2D eigenvalue weighted by molar-refractivity contribution is 0.201. The van der Waals surface area contributed by atoms with Crippen molar-refractivity contribution in [2.75, 3.05) is 24.8 Å². The largest absolute Gasteiger partial charge is 0.491 e. The van der Waals surface area contributed by atoms with Crippen LogP contribution in [0, 0.1) is 0 Å². The molecule has 49 heavy (non-hydrogen) atoms. The molecule has 3 aromatic heterocycles. The standard InChI is InChI=1S/C37H39N7O3S2/c1-5-25-11-6-8-15-30(25)35-41-40-33-18-17-29(24-43(33)35)49-31-16-9-7-12-26(31)23-38-36(46)39-34-22-32(37(2,3)48-4)42-44(34)27-13-10-14-28(21-27)47-20-19-45/h6-18,21-22,24,45H,5,19-20,23H2,1-4H3,(H2,38,39,46). The summed E-state index contributed by atoms with van der Waals surface area (Å²) in [5, 5.41) is 29.0. The smallest absolute Gasteiger partial charge is 0.320 e. The Kier molecular flexibility index (Phi) is 10.6. The Morgan fingerprint density at radius 2 is 1.76 bits per heavy atom. The third-order valence-corrected chi connectivity index (χ3v) is 10.5. The van der Waals surface area contributed by atoms with Crippen LogP contribution in [0.5, 0.6) is 5.75 Å². The normalized spacial score (nSPS) is 11.5. The number of carbonyl (C=O) groups is 1. The second-order valence-electron chi connectivity index (χ2n) is 11.8. The number of aliphatic hydroxyl groups excluding tert-OH is 1. The highest BCUT2D eigenvalue weighted by Gasteiger charge is 2.25. The van der Waals surface area contributed by atoms with E-state index in [1.54, 1.807) is 28.2 Å². The Balaban J connectivity index is 1.20. The molecule has 0 radical (unpaired) electrons. The molecular formula is C37H39N7O3S2. The molecule has 3 aromatic carbocycles. The minimum Gasteiger partial charge on any atom is -0.491 e. The number of nitrogens with one attached hydrogen (secondary N) is 2. The molecule has 0 saturated heterocycles. The summed E-state index contributed by atoms with van der Waals surface area (Å²) < 4.78 is 9.08. The van der Waals surface area contributed by atoms with Crippen LogP contribution in [-0.4, -0.2) is 55.0 Å². The molecule has 0 aliphatic rings. The second kappa shape index (κ2) is 15.2. The number of aryl methyl sites for hydroxylation is 1. The molecule has 3 heterocycles. The number of hydrogen-bond donors (Lipinski definition) is 3. The van der Waals surface area contributed by atoms with Crippen LogP contribution in [0.2, 0.25) is 0 Å². The van der Waals surface area contributed by atoms with Gasteiger partial charge < -0.3 is 15.2 Å². The molecule has 0 spiro atoms. The number of benzene rings is 3. The molecule has 0 fully saturated rings. The molecule has 2 amide bonds. The van der Waals surface area contributed by atoms with Crippen molar-refractivity contribution in [2.45, 2.75) is 48.3 Å². The third kappa shape index (κ3) is 7.77. The van der Waals surface area contributed by atoms with Crippen LogP contribution in [0.3, 0.4) is 0 Å². The molecule has 0 atom stereocenters. The number of urea groups is 1. The first kappa shape index (κ1) is 34.1. The number of anilines is 1. The zero-order chi connectivity index (χ0) is 34.4. The van der Waals surface area contributed by atoms with Crippen molar-refractivity contribution in [3.63, 3.8) is 0 Å². The summed E-state index contributed by atoms with van der Waals surface area (Å²) in [5.74, 6) is 1.94. The van der Waals surface area contributed by atoms with E-state index in [0.29, 0.717) is 18.1 Å². The molecule has 0 unspecified atom stereocenters. The fourth-order valence-electron chi connectivity index (χ4n) is 5.31. The van der Waals surface area contributed by atoms with Crippen molar-refractivity contribution in [1.82, 2.24) is 29.7 Å². The Morgan fingerprint density at radius 1 is 0.959 bits per heavy atom. The number of nitrogens with zero attached hydrogens (tertiary/aromatic N) is 5. The summed E-state index contributed by atoms with van der Waals surface area (Å²) >= 11 is 3.30. The van der Waals surface area contributed by atoms with Crippen molar-refractivity contribution >= 4 is 41.0 Å². The van der Waals surface area contributed by atoms with E-state index in [4.69, 9.17) is 9.84 Å². The van der Waals surface area contributed by atoms with Crippen LogP contribution in [0.1, 0.15) is 37.6 Å². The van der Waals surface area contributed by atoms with E-state index >= 15 is 0 Å². The van der Waals surface area contributed by atoms with E-state index in [2.05, 4.69) is 66.0 Å². The lowest BCUT2D eigenvalue weighted by Gasteiger charge is -2.18. The van der Waals surface area contributed by atoms with E-state index in [9.17, 15) is 9.90 Å². The number of carbonyl (C=O) groups excluding carboxylic acids is 1. The van der Waals surface area contributed by atoms with Gasteiger partial charge in [0.1, 0.15) is 18.2 Å². The van der Waals surface area contributed by atoms with Gasteiger partial charge >= 0.3 is 6.03 Å². The van der Waals surface area contributed by atoms with Crippen molar-refractivity contribution in [3.8, 4) is 22.8 Å². The van der Waals surface area contributed by atoms with E-state index in [1.165, 1.54) is 5.56 Å². The van der Waals surface area contributed by atoms with Crippen LogP contribution >= 0.6 is 23.5 Å². The van der Waals surface area contributed by atoms with Gasteiger partial charge in [-0.15, -0.1) is 10.2 Å². The number of fused-ring (bicyclic) bond motifs is 1. The Bertz CT molecular complexity index is 2070. The third-order valence-electron chi connectivity index (χ3n) is 8.15. The fraction of sp³-hybridized carbons (Fsp3) is 0.243. The van der Waals surface area contributed by atoms with Gasteiger partial charge in [-0.25, -0.2) is 9.48 Å². The lowest BCUT2D eigenvalue weighted by Crippen LogP contribution is -2.29. The Labute approximate surface area is 294 Å². The topological polar surface area (TPSA) is 119 Å². The predicted molar refractivity (Wildman–Crippen MR) is 197 cm³/mol. The maximum Gasteiger partial charge on any atom is 0.320 e. The van der Waals surface area contributed by atoms with Gasteiger partial charge in [0, 0.05) is 40.2 Å². The van der Waals surface area contributed by atoms with Gasteiger partial charge in [0.2, 0.25) is 0 Å². The summed E-state index contributed by atoms with van der Waals surface area (Å²) in [6.45, 7) is 6.75. The van der Waals surface area contributed by atoms with Crippen LogP contribution in [-0.2, 0) is 17.7 Å². The molecule has 10 nitrogen and oxygen atoms in total. The molecule has 0 bridgehead atoms. The van der Waals surface area contributed by atoms with Gasteiger partial charge in [0.05, 0.1) is 22.7 Å². The van der Waals surface area contributed by atoms with E-state index in [-0.39, 0.29) is 24.0 Å². The van der Waals surface area contributed by atoms with Crippen molar-refractivity contribution < 1.29 is 14.6 Å². The number of aliphatic hydroxyl groups is 1. The van der Waals surface area contributed by atoms with Crippen molar-refractivity contribution in [2.24, 2.45) is 0 Å². The Morgan fingerprint density at radius 3 is 2.55 bits per heavy atom. The molecular weight excluding hydrogens is 655 g/mol. The van der Waals surface area contributed by atoms with E-state index in [0.717, 1.165) is 50.2 Å². The maximum absolute atomic E-state index is 13.4. The van der Waals surface area contributed by atoms with Gasteiger partial charge in [-0.3, -0.25) is 9.72 Å². The summed E-state index contributed by atoms with van der Waals surface area (Å²) in [7, 11) is 0. The molecule has 0 aliphatic carbocycles. The summed E-state index contributed by atoms with van der Waals surface area (Å²) in [6, 6.07) is 29.3. The van der Waals surface area contributed by atoms with Gasteiger partial charge in [0.25, 0.3) is 0 Å². The molecule has 12 heteroatoms. The zero-order valence-corrected chi connectivity index (χ0v) is 29.5. The van der Waals surface area contributed by atoms with Gasteiger partial charge in [-0.05, 0) is 68.0 Å². The number of pyridine rings is 1. The molecule has 3 N–H and O–H groups in total. The van der Waals surface area contributed by atoms with E-state index < -0.39 is 0 Å². The molecule has 0 aliphatic heterocycles. The average Bonchev–Trinajstić information content (AvgIpc) is 3.75. The Hall–Kier alpha value is -4.78. The van der Waals surface area contributed by atoms with Gasteiger partial charge in [0.15, 0.2) is 11.5 Å². The summed E-state index contributed by atoms with van der Waals surface area (Å²) in [4.78, 5) is 15.4. The lowest BCUT2D eigenvalue weighted by atomic mass is 10.1. The van der Waals surface area contributed by atoms with Crippen molar-refractivity contribution in [1.29, 1.82) is 0 Å². The number of thioether (sulfide) groups is 1. The van der Waals surface area contributed by atoms with Crippen molar-refractivity contribution in [3.05, 3.63) is 114 Å². The highest BCUT2D eigenvalue weighted by molar-refractivity contribution is 7.99. The fourth-order valence-corrected chi connectivity index (χ4v) is 6.58. The van der Waals surface area contributed by atoms with Crippen LogP contribution < -0.4 is 15.4 Å². The second-order valence-corrected chi connectivity index (χ2v) is 14.3. The highest BCUT2D eigenvalue weighted by atomic mass is 32.2. The minimum absolute atomic E-state index is 0.0843. The first-order chi connectivity index (χ1) is 23.8. The molecule has 6 aromatic rings. The number of hydrogen-bond acceptors (Lipinski definition) is 8. The number of amides is 2. The van der Waals surface area contributed by atoms with Crippen LogP contribution in [0.15, 0.2) is 107 Å². The molecule has 252 valence electrons. The maximum atomic E-state index is 13.4. The number of aromatic nitrogens is 5. The number of rotatable bonds is 13. The van der Waals surface area contributed by atoms with Gasteiger partial charge in [-0.2, -0.15) is 16.9 Å². The predicted octanol–water partition coefficient (Wildman–Crippen LogP) is 7.59. The molecule has 6 rings (SSSR count). The SMILES string of the molecule is CCc1ccccc1-c1nnc2ccc(Sc3ccccc3CNC(=O)Nc3cc(C(C)(C)SC)nn3-c3cccc(OCCO)c3)cn12. The monoisotopic (exact) mass is 693 g/mol. The summed E-state index contributed by atoms with van der Waals surface area (Å²) in [6.07, 6.45) is 5.00. The number of ether oxygens (including phenoxy) is 1. The summed E-state index contributed by atoms with van der Waals surface area (Å²) in [5.41, 5.74) is 5.60.